The molecule has 0 aromatic heterocycles. The van der Waals surface area contributed by atoms with Gasteiger partial charge in [0.05, 0.1) is 19.3 Å². The fourth-order valence-corrected chi connectivity index (χ4v) is 5.15. The largest absolute Gasteiger partial charge is 0.496 e. The minimum Gasteiger partial charge on any atom is -0.496 e. The van der Waals surface area contributed by atoms with Crippen LogP contribution in [0, 0.1) is 11.3 Å². The molecule has 2 aliphatic heterocycles. The summed E-state index contributed by atoms with van der Waals surface area (Å²) in [6.45, 7) is 9.71. The first kappa shape index (κ1) is 31.5. The number of likely N-dealkylation sites (tertiary alicyclic amines) is 2. The molecule has 2 saturated heterocycles. The Morgan fingerprint density at radius 3 is 2.27 bits per heavy atom. The number of hydrogen-bond acceptors (Lipinski definition) is 5. The Hall–Kier alpha value is -2.98. The van der Waals surface area contributed by atoms with Crippen molar-refractivity contribution in [3.63, 3.8) is 0 Å². The highest BCUT2D eigenvalue weighted by Crippen LogP contribution is 2.42. The summed E-state index contributed by atoms with van der Waals surface area (Å²) in [5, 5.41) is 7.70. The average molecular weight is 585 g/mol. The lowest BCUT2D eigenvalue weighted by atomic mass is 9.77. The number of nitrogens with zero attached hydrogens (tertiary/aromatic N) is 2. The van der Waals surface area contributed by atoms with Gasteiger partial charge in [0.25, 0.3) is 5.91 Å². The van der Waals surface area contributed by atoms with Crippen molar-refractivity contribution < 1.29 is 37.3 Å². The Morgan fingerprint density at radius 1 is 1.05 bits per heavy atom. The predicted octanol–water partition coefficient (Wildman–Crippen LogP) is 6.15. The van der Waals surface area contributed by atoms with Crippen molar-refractivity contribution in [3.8, 4) is 11.5 Å². The third-order valence-corrected chi connectivity index (χ3v) is 7.45. The summed E-state index contributed by atoms with van der Waals surface area (Å²) in [5.74, 6) is -0.664. The zero-order valence-corrected chi connectivity index (χ0v) is 23.7. The number of benzene rings is 2. The molecule has 0 radical (unpaired) electrons. The van der Waals surface area contributed by atoms with Crippen molar-refractivity contribution in [2.24, 2.45) is 11.3 Å². The molecule has 40 heavy (non-hydrogen) atoms. The first-order valence-corrected chi connectivity index (χ1v) is 13.6. The highest BCUT2D eigenvalue weighted by molar-refractivity contribution is 6.30. The number of para-hydroxylation sites is 1. The maximum atomic E-state index is 13.2. The van der Waals surface area contributed by atoms with Crippen LogP contribution in [-0.2, 0) is 11.3 Å². The van der Waals surface area contributed by atoms with Crippen LogP contribution in [0.2, 0.25) is 5.02 Å². The molecule has 1 amide bonds. The Morgan fingerprint density at radius 2 is 1.68 bits per heavy atom. The molecule has 0 saturated carbocycles. The van der Waals surface area contributed by atoms with Crippen LogP contribution in [0.1, 0.15) is 49.0 Å². The maximum Gasteiger partial charge on any atom is 0.490 e. The minimum atomic E-state index is -5.08. The van der Waals surface area contributed by atoms with E-state index in [1.165, 1.54) is 5.56 Å². The Labute approximate surface area is 237 Å². The van der Waals surface area contributed by atoms with Gasteiger partial charge >= 0.3 is 12.1 Å². The third-order valence-electron chi connectivity index (χ3n) is 7.22. The fraction of sp³-hybridized carbons (Fsp3) is 0.517. The number of piperidine rings is 1. The first-order chi connectivity index (χ1) is 18.8. The van der Waals surface area contributed by atoms with Crippen LogP contribution in [0.5, 0.6) is 11.5 Å². The number of halogens is 4. The second-order valence-electron chi connectivity index (χ2n) is 10.7. The number of rotatable bonds is 7. The van der Waals surface area contributed by atoms with Crippen LogP contribution in [-0.4, -0.2) is 72.9 Å². The Kier molecular flexibility index (Phi) is 10.7. The van der Waals surface area contributed by atoms with E-state index in [1.807, 2.05) is 11.0 Å². The van der Waals surface area contributed by atoms with Crippen molar-refractivity contribution in [1.82, 2.24) is 9.80 Å². The van der Waals surface area contributed by atoms with E-state index in [0.717, 1.165) is 64.3 Å². The topological polar surface area (TPSA) is 79.3 Å². The van der Waals surface area contributed by atoms with Crippen LogP contribution in [0.3, 0.4) is 0 Å². The van der Waals surface area contributed by atoms with E-state index < -0.39 is 12.1 Å². The van der Waals surface area contributed by atoms with E-state index in [2.05, 4.69) is 36.9 Å². The van der Waals surface area contributed by atoms with E-state index in [0.29, 0.717) is 22.3 Å². The van der Waals surface area contributed by atoms with E-state index in [1.54, 1.807) is 25.3 Å². The van der Waals surface area contributed by atoms with Gasteiger partial charge in [-0.2, -0.15) is 13.2 Å². The summed E-state index contributed by atoms with van der Waals surface area (Å²) in [7, 11) is 1.58. The Balaban J connectivity index is 0.000000559. The highest BCUT2D eigenvalue weighted by atomic mass is 35.5. The number of carboxylic acids is 1. The van der Waals surface area contributed by atoms with Gasteiger partial charge in [-0.25, -0.2) is 4.79 Å². The van der Waals surface area contributed by atoms with Crippen LogP contribution in [0.4, 0.5) is 13.2 Å². The zero-order valence-electron chi connectivity index (χ0n) is 23.0. The fourth-order valence-electron chi connectivity index (χ4n) is 4.99. The molecular weight excluding hydrogens is 549 g/mol. The number of carbonyl (C=O) groups is 2. The number of amides is 1. The smallest absolute Gasteiger partial charge is 0.490 e. The summed E-state index contributed by atoms with van der Waals surface area (Å²) in [6, 6.07) is 13.6. The molecule has 220 valence electrons. The molecule has 11 heteroatoms. The molecule has 1 spiro atoms. The van der Waals surface area contributed by atoms with Gasteiger partial charge in [-0.15, -0.1) is 0 Å². The number of methoxy groups -OCH3 is 1. The van der Waals surface area contributed by atoms with E-state index in [-0.39, 0.29) is 11.3 Å². The zero-order chi connectivity index (χ0) is 29.5. The summed E-state index contributed by atoms with van der Waals surface area (Å²) in [5.41, 5.74) is 2.07. The average Bonchev–Trinajstić information content (AvgIpc) is 3.32. The molecule has 0 aliphatic carbocycles. The summed E-state index contributed by atoms with van der Waals surface area (Å²) >= 11 is 6.07. The Bertz CT molecular complexity index is 1170. The van der Waals surface area contributed by atoms with Gasteiger partial charge in [-0.1, -0.05) is 43.6 Å². The molecule has 0 unspecified atom stereocenters. The van der Waals surface area contributed by atoms with Gasteiger partial charge in [0.1, 0.15) is 11.5 Å². The molecule has 2 aromatic rings. The minimum absolute atomic E-state index is 0.0408. The third kappa shape index (κ3) is 8.51. The van der Waals surface area contributed by atoms with Gasteiger partial charge in [0.2, 0.25) is 0 Å². The number of aliphatic carboxylic acids is 1. The number of carboxylic acid groups (broad SMARTS) is 1. The second kappa shape index (κ2) is 13.6. The lowest BCUT2D eigenvalue weighted by molar-refractivity contribution is -0.192. The monoisotopic (exact) mass is 584 g/mol. The molecule has 4 rings (SSSR count). The van der Waals surface area contributed by atoms with Crippen LogP contribution in [0.15, 0.2) is 42.5 Å². The van der Waals surface area contributed by atoms with Crippen molar-refractivity contribution >= 4 is 23.5 Å². The predicted molar refractivity (Wildman–Crippen MR) is 146 cm³/mol. The standard InChI is InChI=1S/C27H35ClN2O3.C2HF3O2/c1-20(2)18-33-24-7-5-4-6-21(24)17-29-13-10-27(11-14-29)12-15-30(19-27)26(31)23-9-8-22(28)16-25(23)32-3;3-2(4,5)1(6)7/h4-9,16,20H,10-15,17-19H2,1-3H3;(H,6,7). The summed E-state index contributed by atoms with van der Waals surface area (Å²) < 4.78 is 43.2. The molecule has 2 aliphatic rings. The number of alkyl halides is 3. The van der Waals surface area contributed by atoms with Gasteiger partial charge in [0, 0.05) is 30.2 Å². The van der Waals surface area contributed by atoms with E-state index in [4.69, 9.17) is 31.0 Å². The molecular formula is C29H36ClF3N2O5. The van der Waals surface area contributed by atoms with Crippen molar-refractivity contribution in [2.75, 3.05) is 39.9 Å². The van der Waals surface area contributed by atoms with Crippen LogP contribution in [0.25, 0.3) is 0 Å². The summed E-state index contributed by atoms with van der Waals surface area (Å²) in [6.07, 6.45) is -1.79. The summed E-state index contributed by atoms with van der Waals surface area (Å²) in [4.78, 5) is 26.6. The van der Waals surface area contributed by atoms with Gasteiger partial charge in [0.15, 0.2) is 0 Å². The van der Waals surface area contributed by atoms with E-state index in [9.17, 15) is 18.0 Å². The first-order valence-electron chi connectivity index (χ1n) is 13.2. The van der Waals surface area contributed by atoms with Crippen molar-refractivity contribution in [3.05, 3.63) is 58.6 Å². The number of carbonyl (C=O) groups excluding carboxylic acids is 1. The molecule has 1 N–H and O–H groups in total. The molecule has 7 nitrogen and oxygen atoms in total. The van der Waals surface area contributed by atoms with E-state index >= 15 is 0 Å². The number of ether oxygens (including phenoxy) is 2. The SMILES string of the molecule is COc1cc(Cl)ccc1C(=O)N1CCC2(CCN(Cc3ccccc3OCC(C)C)CC2)C1.O=C(O)C(F)(F)F. The van der Waals surface area contributed by atoms with Crippen molar-refractivity contribution in [2.45, 2.75) is 45.8 Å². The highest BCUT2D eigenvalue weighted by Gasteiger charge is 2.42. The lowest BCUT2D eigenvalue weighted by Crippen LogP contribution is -2.42. The lowest BCUT2D eigenvalue weighted by Gasteiger charge is -2.39. The normalized spacial score (nSPS) is 16.9. The van der Waals surface area contributed by atoms with Gasteiger partial charge < -0.3 is 19.5 Å². The molecule has 2 aromatic carbocycles. The number of hydrogen-bond donors (Lipinski definition) is 1. The second-order valence-corrected chi connectivity index (χ2v) is 11.1. The molecule has 2 fully saturated rings. The molecule has 0 atom stereocenters. The molecule has 0 bridgehead atoms. The van der Waals surface area contributed by atoms with Gasteiger partial charge in [-0.3, -0.25) is 9.69 Å². The quantitative estimate of drug-likeness (QED) is 0.421. The maximum absolute atomic E-state index is 13.2. The molecule has 2 heterocycles. The van der Waals surface area contributed by atoms with Crippen LogP contribution < -0.4 is 9.47 Å². The van der Waals surface area contributed by atoms with Crippen molar-refractivity contribution in [1.29, 1.82) is 0 Å². The van der Waals surface area contributed by atoms with Gasteiger partial charge in [-0.05, 0) is 68.0 Å². The van der Waals surface area contributed by atoms with Crippen LogP contribution >= 0.6 is 11.6 Å².